The molecule has 0 aliphatic heterocycles. The number of para-hydroxylation sites is 2. The number of fused-ring (bicyclic) bond motifs is 14. The van der Waals surface area contributed by atoms with Gasteiger partial charge in [-0.25, -0.2) is 0 Å². The summed E-state index contributed by atoms with van der Waals surface area (Å²) in [5, 5.41) is 13.1. The molecule has 0 radical (unpaired) electrons. The average molecular weight is 821 g/mol. The summed E-state index contributed by atoms with van der Waals surface area (Å²) in [4.78, 5) is 2.54. The summed E-state index contributed by atoms with van der Waals surface area (Å²) in [7, 11) is 0. The van der Waals surface area contributed by atoms with E-state index in [1.54, 1.807) is 0 Å². The molecular formula is C62H48N2. The Hall–Kier alpha value is -7.42. The third-order valence-corrected chi connectivity index (χ3v) is 14.8. The second-order valence-corrected chi connectivity index (χ2v) is 18.8. The van der Waals surface area contributed by atoms with Crippen LogP contribution < -0.4 is 15.3 Å². The van der Waals surface area contributed by atoms with E-state index in [0.717, 1.165) is 12.8 Å². The first-order valence-corrected chi connectivity index (χ1v) is 23.0. The topological polar surface area (TPSA) is 8.17 Å². The standard InChI is InChI=1S/C62H48N2/c1-39-28-34-45-41(36-39)16-15-27-57(45)63(44-33-35-49-48-21-11-13-25-55(48)62(2,3)56(49)37-44)43-31-29-40(30-32-43)53-38-54-47-20-8-10-23-51(47)61-60(59(54)50-22-9-7-19-46(50)53)52-24-12-14-26-58(52)64(61)42-17-5-4-6-18-42/h4-27,29,31-40H,28,30H2,1-3H3. The van der Waals surface area contributed by atoms with Crippen molar-refractivity contribution in [1.29, 1.82) is 0 Å². The number of rotatable bonds is 5. The summed E-state index contributed by atoms with van der Waals surface area (Å²) in [6.45, 7) is 7.09. The van der Waals surface area contributed by atoms with Crippen LogP contribution in [0.15, 0.2) is 194 Å². The molecule has 13 rings (SSSR count). The predicted octanol–water partition coefficient (Wildman–Crippen LogP) is 14.9. The molecule has 2 atom stereocenters. The lowest BCUT2D eigenvalue weighted by Crippen LogP contribution is -2.34. The van der Waals surface area contributed by atoms with Gasteiger partial charge in [-0.15, -0.1) is 0 Å². The molecule has 306 valence electrons. The Bertz CT molecular complexity index is 3790. The first-order chi connectivity index (χ1) is 31.4. The van der Waals surface area contributed by atoms with Gasteiger partial charge in [-0.05, 0) is 122 Å². The summed E-state index contributed by atoms with van der Waals surface area (Å²) in [6, 6.07) is 63.6. The molecule has 0 spiro atoms. The van der Waals surface area contributed by atoms with Gasteiger partial charge in [-0.2, -0.15) is 0 Å². The summed E-state index contributed by atoms with van der Waals surface area (Å²) in [6.07, 6.45) is 14.2. The van der Waals surface area contributed by atoms with Gasteiger partial charge in [0.05, 0.1) is 16.7 Å². The van der Waals surface area contributed by atoms with Crippen molar-refractivity contribution in [1.82, 2.24) is 4.57 Å². The predicted molar refractivity (Wildman–Crippen MR) is 272 cm³/mol. The smallest absolute Gasteiger partial charge is 0.0626 e. The van der Waals surface area contributed by atoms with E-state index in [4.69, 9.17) is 0 Å². The maximum atomic E-state index is 2.54. The highest BCUT2D eigenvalue weighted by molar-refractivity contribution is 6.37. The average Bonchev–Trinajstić information content (AvgIpc) is 3.80. The van der Waals surface area contributed by atoms with E-state index in [9.17, 15) is 0 Å². The largest absolute Gasteiger partial charge is 0.310 e. The molecular weight excluding hydrogens is 773 g/mol. The van der Waals surface area contributed by atoms with Gasteiger partial charge >= 0.3 is 0 Å². The number of anilines is 2. The molecule has 1 aromatic heterocycles. The highest BCUT2D eigenvalue weighted by Crippen LogP contribution is 2.51. The molecule has 10 aromatic rings. The lowest BCUT2D eigenvalue weighted by Gasteiger charge is -2.31. The molecule has 3 aliphatic rings. The molecule has 2 nitrogen and oxygen atoms in total. The van der Waals surface area contributed by atoms with Crippen molar-refractivity contribution in [3.63, 3.8) is 0 Å². The Balaban J connectivity index is 0.993. The number of hydrogen-bond donors (Lipinski definition) is 0. The third-order valence-electron chi connectivity index (χ3n) is 14.8. The number of allylic oxidation sites excluding steroid dienone is 3. The van der Waals surface area contributed by atoms with Crippen molar-refractivity contribution >= 4 is 77.7 Å². The molecule has 0 N–H and O–H groups in total. The third kappa shape index (κ3) is 5.38. The van der Waals surface area contributed by atoms with Crippen LogP contribution in [-0.4, -0.2) is 4.57 Å². The van der Waals surface area contributed by atoms with Crippen LogP contribution in [0.3, 0.4) is 0 Å². The molecule has 0 saturated heterocycles. The van der Waals surface area contributed by atoms with Gasteiger partial charge in [0.2, 0.25) is 0 Å². The number of hydrogen-bond acceptors (Lipinski definition) is 1. The van der Waals surface area contributed by atoms with Gasteiger partial charge in [-0.3, -0.25) is 0 Å². The van der Waals surface area contributed by atoms with Gasteiger partial charge in [0, 0.05) is 55.2 Å². The number of aromatic nitrogens is 1. The molecule has 2 heteroatoms. The molecule has 2 unspecified atom stereocenters. The Kier molecular flexibility index (Phi) is 8.15. The van der Waals surface area contributed by atoms with E-state index >= 15 is 0 Å². The van der Waals surface area contributed by atoms with Crippen molar-refractivity contribution < 1.29 is 0 Å². The maximum absolute atomic E-state index is 2.54. The molecule has 3 aliphatic carbocycles. The van der Waals surface area contributed by atoms with Crippen LogP contribution >= 0.6 is 0 Å². The number of benzene rings is 9. The van der Waals surface area contributed by atoms with Gasteiger partial charge in [-0.1, -0.05) is 172 Å². The van der Waals surface area contributed by atoms with Crippen LogP contribution in [0, 0.1) is 5.92 Å². The van der Waals surface area contributed by atoms with E-state index in [1.165, 1.54) is 115 Å². The minimum Gasteiger partial charge on any atom is -0.310 e. The molecule has 64 heavy (non-hydrogen) atoms. The Labute approximate surface area is 374 Å². The van der Waals surface area contributed by atoms with E-state index in [-0.39, 0.29) is 11.3 Å². The highest BCUT2D eigenvalue weighted by Gasteiger charge is 2.36. The molecule has 0 amide bonds. The Morgan fingerprint density at radius 2 is 1.28 bits per heavy atom. The van der Waals surface area contributed by atoms with Crippen molar-refractivity contribution in [2.75, 3.05) is 4.90 Å². The normalized spacial score (nSPS) is 17.3. The van der Waals surface area contributed by atoms with E-state index in [2.05, 4.69) is 230 Å². The Morgan fingerprint density at radius 3 is 2.11 bits per heavy atom. The van der Waals surface area contributed by atoms with Gasteiger partial charge in [0.1, 0.15) is 0 Å². The zero-order chi connectivity index (χ0) is 42.7. The molecule has 1 heterocycles. The maximum Gasteiger partial charge on any atom is 0.0626 e. The molecule has 0 saturated carbocycles. The van der Waals surface area contributed by atoms with Crippen LogP contribution in [0.25, 0.3) is 83.1 Å². The summed E-state index contributed by atoms with van der Waals surface area (Å²) >= 11 is 0. The zero-order valence-electron chi connectivity index (χ0n) is 36.5. The summed E-state index contributed by atoms with van der Waals surface area (Å²) < 4.78 is 2.48. The highest BCUT2D eigenvalue weighted by atomic mass is 15.1. The van der Waals surface area contributed by atoms with Gasteiger partial charge < -0.3 is 9.47 Å². The van der Waals surface area contributed by atoms with Crippen LogP contribution in [0.5, 0.6) is 0 Å². The van der Waals surface area contributed by atoms with Crippen molar-refractivity contribution in [2.45, 2.75) is 44.9 Å². The molecule has 0 bridgehead atoms. The first-order valence-electron chi connectivity index (χ1n) is 23.0. The first kappa shape index (κ1) is 37.2. The zero-order valence-corrected chi connectivity index (χ0v) is 36.5. The minimum absolute atomic E-state index is 0.0930. The van der Waals surface area contributed by atoms with Crippen LogP contribution in [0.2, 0.25) is 0 Å². The van der Waals surface area contributed by atoms with Crippen molar-refractivity contribution in [3.05, 3.63) is 221 Å². The van der Waals surface area contributed by atoms with Crippen molar-refractivity contribution in [3.8, 4) is 16.8 Å². The fourth-order valence-electron chi connectivity index (χ4n) is 11.8. The quantitative estimate of drug-likeness (QED) is 0.157. The molecule has 0 fully saturated rings. The van der Waals surface area contributed by atoms with E-state index in [1.807, 2.05) is 0 Å². The fourth-order valence-corrected chi connectivity index (χ4v) is 11.8. The minimum atomic E-state index is -0.0930. The van der Waals surface area contributed by atoms with Crippen molar-refractivity contribution in [2.24, 2.45) is 5.92 Å². The van der Waals surface area contributed by atoms with Gasteiger partial charge in [0.15, 0.2) is 0 Å². The second-order valence-electron chi connectivity index (χ2n) is 18.8. The lowest BCUT2D eigenvalue weighted by atomic mass is 9.82. The van der Waals surface area contributed by atoms with Crippen LogP contribution in [0.4, 0.5) is 11.4 Å². The van der Waals surface area contributed by atoms with E-state index in [0.29, 0.717) is 5.92 Å². The Morgan fingerprint density at radius 1 is 0.562 bits per heavy atom. The van der Waals surface area contributed by atoms with Crippen LogP contribution in [0.1, 0.15) is 56.2 Å². The van der Waals surface area contributed by atoms with Crippen LogP contribution in [-0.2, 0) is 5.41 Å². The number of nitrogens with zero attached hydrogens (tertiary/aromatic N) is 2. The SMILES string of the molecule is CC1C=c2cccc(N(C3=CCC(c4cc5c6ccccc6c6c(c7ccccc7n6-c6ccccc6)c5c5ccccc45)C=C3)c3ccc4c(c3)C(C)(C)c3ccccc3-4)c2=CC1. The van der Waals surface area contributed by atoms with E-state index < -0.39 is 0 Å². The summed E-state index contributed by atoms with van der Waals surface area (Å²) in [5.74, 6) is 0.733. The lowest BCUT2D eigenvalue weighted by molar-refractivity contribution is 0.660. The fraction of sp³-hybridized carbons (Fsp3) is 0.129. The van der Waals surface area contributed by atoms with Gasteiger partial charge in [0.25, 0.3) is 0 Å². The monoisotopic (exact) mass is 820 g/mol. The summed E-state index contributed by atoms with van der Waals surface area (Å²) in [5.41, 5.74) is 14.1. The second kappa shape index (κ2) is 14.0. The molecule has 9 aromatic carbocycles.